The molecule has 2 rings (SSSR count). The quantitative estimate of drug-likeness (QED) is 0.682. The molecule has 0 bridgehead atoms. The average molecular weight is 369 g/mol. The van der Waals surface area contributed by atoms with Gasteiger partial charge < -0.3 is 23.8 Å². The van der Waals surface area contributed by atoms with Crippen molar-refractivity contribution in [3.05, 3.63) is 17.7 Å². The fourth-order valence-electron chi connectivity index (χ4n) is 2.72. The average Bonchev–Trinajstić information content (AvgIpc) is 2.62. The molecule has 1 heterocycles. The maximum absolute atomic E-state index is 12.4. The predicted octanol–water partition coefficient (Wildman–Crippen LogP) is 2.24. The third-order valence-electron chi connectivity index (χ3n) is 3.80. The van der Waals surface area contributed by atoms with Crippen molar-refractivity contribution in [2.75, 3.05) is 40.2 Å². The van der Waals surface area contributed by atoms with Gasteiger partial charge in [0.15, 0.2) is 11.5 Å². The fourth-order valence-corrected chi connectivity index (χ4v) is 3.97. The van der Waals surface area contributed by atoms with Gasteiger partial charge in [-0.05, 0) is 19.1 Å². The van der Waals surface area contributed by atoms with E-state index in [2.05, 4.69) is 0 Å². The van der Waals surface area contributed by atoms with Crippen LogP contribution in [-0.4, -0.2) is 57.0 Å². The summed E-state index contributed by atoms with van der Waals surface area (Å²) in [6, 6.07) is 3.59. The summed E-state index contributed by atoms with van der Waals surface area (Å²) >= 11 is 1.57. The molecule has 0 aromatic heterocycles. The second kappa shape index (κ2) is 8.84. The lowest BCUT2D eigenvalue weighted by Gasteiger charge is -2.35. The van der Waals surface area contributed by atoms with E-state index in [4.69, 9.17) is 18.9 Å². The van der Waals surface area contributed by atoms with Crippen molar-refractivity contribution >= 4 is 23.6 Å². The van der Waals surface area contributed by atoms with E-state index in [9.17, 15) is 9.59 Å². The Morgan fingerprint density at radius 3 is 2.52 bits per heavy atom. The van der Waals surface area contributed by atoms with Gasteiger partial charge in [-0.25, -0.2) is 0 Å². The number of carbonyl (C=O) groups excluding carboxylic acids is 2. The van der Waals surface area contributed by atoms with Crippen LogP contribution < -0.4 is 14.2 Å². The predicted molar refractivity (Wildman–Crippen MR) is 94.3 cm³/mol. The number of nitrogens with zero attached hydrogens (tertiary/aromatic N) is 1. The number of benzene rings is 1. The lowest BCUT2D eigenvalue weighted by atomic mass is 10.1. The van der Waals surface area contributed by atoms with Crippen LogP contribution in [-0.2, 0) is 14.3 Å². The SMILES string of the molecule is CCOC(=O)CN1C(=O)CCSC1c1ccc(OC)c(OC)c1OC. The number of amides is 1. The van der Waals surface area contributed by atoms with E-state index in [1.165, 1.54) is 19.1 Å². The van der Waals surface area contributed by atoms with Crippen LogP contribution in [0.2, 0.25) is 0 Å². The molecule has 1 aromatic rings. The summed E-state index contributed by atoms with van der Waals surface area (Å²) < 4.78 is 21.2. The molecule has 1 aromatic carbocycles. The Kier molecular flexibility index (Phi) is 6.81. The van der Waals surface area contributed by atoms with Crippen molar-refractivity contribution in [2.45, 2.75) is 18.7 Å². The van der Waals surface area contributed by atoms with Crippen LogP contribution in [0.5, 0.6) is 17.2 Å². The number of methoxy groups -OCH3 is 3. The van der Waals surface area contributed by atoms with Gasteiger partial charge >= 0.3 is 5.97 Å². The highest BCUT2D eigenvalue weighted by Gasteiger charge is 2.34. The lowest BCUT2D eigenvalue weighted by molar-refractivity contribution is -0.149. The van der Waals surface area contributed by atoms with E-state index in [0.717, 1.165) is 5.56 Å². The Morgan fingerprint density at radius 1 is 1.20 bits per heavy atom. The summed E-state index contributed by atoms with van der Waals surface area (Å²) in [5, 5.41) is -0.361. The molecule has 1 saturated heterocycles. The number of thioether (sulfide) groups is 1. The molecule has 1 fully saturated rings. The van der Waals surface area contributed by atoms with E-state index in [-0.39, 0.29) is 24.4 Å². The molecule has 1 aliphatic rings. The van der Waals surface area contributed by atoms with Crippen LogP contribution in [0.4, 0.5) is 0 Å². The molecule has 7 nitrogen and oxygen atoms in total. The van der Waals surface area contributed by atoms with E-state index in [1.54, 1.807) is 31.9 Å². The Bertz CT molecular complexity index is 636. The van der Waals surface area contributed by atoms with Crippen LogP contribution >= 0.6 is 11.8 Å². The largest absolute Gasteiger partial charge is 0.493 e. The second-order valence-electron chi connectivity index (χ2n) is 5.22. The number of ether oxygens (including phenoxy) is 4. The van der Waals surface area contributed by atoms with Gasteiger partial charge in [0, 0.05) is 17.7 Å². The summed E-state index contributed by atoms with van der Waals surface area (Å²) in [4.78, 5) is 25.8. The molecule has 1 atom stereocenters. The Morgan fingerprint density at radius 2 is 1.92 bits per heavy atom. The van der Waals surface area contributed by atoms with Crippen molar-refractivity contribution in [1.29, 1.82) is 0 Å². The molecular formula is C17H23NO6S. The lowest BCUT2D eigenvalue weighted by Crippen LogP contribution is -2.41. The molecule has 8 heteroatoms. The first-order valence-electron chi connectivity index (χ1n) is 7.92. The van der Waals surface area contributed by atoms with Crippen LogP contribution in [0.3, 0.4) is 0 Å². The normalized spacial score (nSPS) is 17.2. The van der Waals surface area contributed by atoms with Gasteiger partial charge in [0.25, 0.3) is 0 Å². The van der Waals surface area contributed by atoms with Gasteiger partial charge in [0.05, 0.1) is 27.9 Å². The van der Waals surface area contributed by atoms with Crippen molar-refractivity contribution in [3.8, 4) is 17.2 Å². The van der Waals surface area contributed by atoms with Gasteiger partial charge in [-0.15, -0.1) is 11.8 Å². The van der Waals surface area contributed by atoms with Gasteiger partial charge in [-0.3, -0.25) is 9.59 Å². The van der Waals surface area contributed by atoms with Crippen LogP contribution in [0.15, 0.2) is 12.1 Å². The highest BCUT2D eigenvalue weighted by molar-refractivity contribution is 7.99. The van der Waals surface area contributed by atoms with Crippen molar-refractivity contribution in [1.82, 2.24) is 4.90 Å². The van der Waals surface area contributed by atoms with Gasteiger partial charge in [-0.2, -0.15) is 0 Å². The third kappa shape index (κ3) is 4.12. The number of rotatable bonds is 7. The molecule has 0 aliphatic carbocycles. The first-order chi connectivity index (χ1) is 12.1. The molecule has 25 heavy (non-hydrogen) atoms. The summed E-state index contributed by atoms with van der Waals surface area (Å²) in [6.07, 6.45) is 0.385. The van der Waals surface area contributed by atoms with Gasteiger partial charge in [0.1, 0.15) is 11.9 Å². The van der Waals surface area contributed by atoms with E-state index in [0.29, 0.717) is 29.4 Å². The summed E-state index contributed by atoms with van der Waals surface area (Å²) in [5.41, 5.74) is 0.752. The highest BCUT2D eigenvalue weighted by atomic mass is 32.2. The third-order valence-corrected chi connectivity index (χ3v) is 5.06. The van der Waals surface area contributed by atoms with Crippen LogP contribution in [0.1, 0.15) is 24.3 Å². The van der Waals surface area contributed by atoms with Crippen molar-refractivity contribution < 1.29 is 28.5 Å². The number of hydrogen-bond acceptors (Lipinski definition) is 7. The minimum absolute atomic E-state index is 0.0892. The number of esters is 1. The first kappa shape index (κ1) is 19.2. The van der Waals surface area contributed by atoms with Crippen LogP contribution in [0.25, 0.3) is 0 Å². The Hall–Kier alpha value is -2.09. The number of hydrogen-bond donors (Lipinski definition) is 0. The minimum atomic E-state index is -0.428. The molecule has 0 saturated carbocycles. The maximum Gasteiger partial charge on any atom is 0.325 e. The van der Waals surface area contributed by atoms with Crippen molar-refractivity contribution in [2.24, 2.45) is 0 Å². The molecule has 1 aliphatic heterocycles. The summed E-state index contributed by atoms with van der Waals surface area (Å²) in [6.45, 7) is 1.92. The minimum Gasteiger partial charge on any atom is -0.493 e. The molecule has 1 unspecified atom stereocenters. The standard InChI is InChI=1S/C17H23NO6S/c1-5-24-14(20)10-18-13(19)8-9-25-17(18)11-6-7-12(21-2)16(23-4)15(11)22-3/h6-7,17H,5,8-10H2,1-4H3. The van der Waals surface area contributed by atoms with E-state index < -0.39 is 5.97 Å². The molecule has 0 N–H and O–H groups in total. The monoisotopic (exact) mass is 369 g/mol. The van der Waals surface area contributed by atoms with Gasteiger partial charge in [0.2, 0.25) is 11.7 Å². The molecule has 0 spiro atoms. The Balaban J connectivity index is 2.42. The zero-order valence-corrected chi connectivity index (χ0v) is 15.7. The smallest absolute Gasteiger partial charge is 0.325 e. The molecular weight excluding hydrogens is 346 g/mol. The molecule has 0 radical (unpaired) electrons. The van der Waals surface area contributed by atoms with E-state index >= 15 is 0 Å². The summed E-state index contributed by atoms with van der Waals surface area (Å²) in [5.74, 6) is 1.63. The zero-order valence-electron chi connectivity index (χ0n) is 14.9. The molecule has 1 amide bonds. The Labute approximate surface area is 151 Å². The van der Waals surface area contributed by atoms with Gasteiger partial charge in [-0.1, -0.05) is 0 Å². The fraction of sp³-hybridized carbons (Fsp3) is 0.529. The maximum atomic E-state index is 12.4. The summed E-state index contributed by atoms with van der Waals surface area (Å²) in [7, 11) is 4.61. The second-order valence-corrected chi connectivity index (χ2v) is 6.41. The zero-order chi connectivity index (χ0) is 18.4. The topological polar surface area (TPSA) is 74.3 Å². The highest BCUT2D eigenvalue weighted by Crippen LogP contribution is 2.47. The van der Waals surface area contributed by atoms with Crippen LogP contribution in [0, 0.1) is 0 Å². The first-order valence-corrected chi connectivity index (χ1v) is 8.97. The van der Waals surface area contributed by atoms with E-state index in [1.807, 2.05) is 6.07 Å². The molecule has 138 valence electrons. The number of carbonyl (C=O) groups is 2. The van der Waals surface area contributed by atoms with Crippen molar-refractivity contribution in [3.63, 3.8) is 0 Å².